The van der Waals surface area contributed by atoms with Gasteiger partial charge in [-0.3, -0.25) is 0 Å². The molecule has 0 unspecified atom stereocenters. The quantitative estimate of drug-likeness (QED) is 0.811. The lowest BCUT2D eigenvalue weighted by Crippen LogP contribution is -2.20. The predicted molar refractivity (Wildman–Crippen MR) is 74.7 cm³/mol. The normalized spacial score (nSPS) is 16.9. The molecule has 1 aromatic rings. The smallest absolute Gasteiger partial charge is 0.133 e. The second-order valence-corrected chi connectivity index (χ2v) is 5.80. The summed E-state index contributed by atoms with van der Waals surface area (Å²) in [6.07, 6.45) is 3.69. The Morgan fingerprint density at radius 3 is 2.67 bits per heavy atom. The van der Waals surface area contributed by atoms with Crippen LogP contribution in [0.25, 0.3) is 0 Å². The molecule has 4 nitrogen and oxygen atoms in total. The topological polar surface area (TPSA) is 63.8 Å². The van der Waals surface area contributed by atoms with Gasteiger partial charge in [0.1, 0.15) is 11.6 Å². The Morgan fingerprint density at radius 2 is 2.11 bits per heavy atom. The first-order valence-electron chi connectivity index (χ1n) is 6.84. The molecule has 4 heteroatoms. The third-order valence-corrected chi connectivity index (χ3v) is 3.66. The average Bonchev–Trinajstić information content (AvgIpc) is 3.07. The maximum atomic E-state index is 5.66. The first-order valence-corrected chi connectivity index (χ1v) is 6.84. The van der Waals surface area contributed by atoms with E-state index in [4.69, 9.17) is 5.73 Å². The molecule has 0 aliphatic heterocycles. The summed E-state index contributed by atoms with van der Waals surface area (Å²) in [5, 5.41) is 3.46. The molecule has 0 bridgehead atoms. The minimum atomic E-state index is 0.365. The van der Waals surface area contributed by atoms with E-state index in [1.807, 2.05) is 13.0 Å². The Morgan fingerprint density at radius 1 is 1.39 bits per heavy atom. The van der Waals surface area contributed by atoms with Crippen LogP contribution in [0.2, 0.25) is 0 Å². The van der Waals surface area contributed by atoms with Gasteiger partial charge in [-0.15, -0.1) is 0 Å². The van der Waals surface area contributed by atoms with Gasteiger partial charge in [0.25, 0.3) is 0 Å². The van der Waals surface area contributed by atoms with Crippen LogP contribution in [0.15, 0.2) is 6.07 Å². The highest BCUT2D eigenvalue weighted by atomic mass is 15.0. The summed E-state index contributed by atoms with van der Waals surface area (Å²) in [7, 11) is 0. The summed E-state index contributed by atoms with van der Waals surface area (Å²) in [5.41, 5.74) is 7.12. The van der Waals surface area contributed by atoms with E-state index >= 15 is 0 Å². The van der Waals surface area contributed by atoms with Crippen molar-refractivity contribution in [2.75, 3.05) is 18.4 Å². The second kappa shape index (κ2) is 5.22. The first-order chi connectivity index (χ1) is 8.54. The van der Waals surface area contributed by atoms with Crippen molar-refractivity contribution in [2.24, 2.45) is 11.1 Å². The summed E-state index contributed by atoms with van der Waals surface area (Å²) in [6.45, 7) is 8.02. The van der Waals surface area contributed by atoms with E-state index in [2.05, 4.69) is 29.1 Å². The Hall–Kier alpha value is -1.16. The highest BCUT2D eigenvalue weighted by molar-refractivity contribution is 5.37. The average molecular weight is 248 g/mol. The number of aryl methyl sites for hydroxylation is 1. The molecule has 18 heavy (non-hydrogen) atoms. The Kier molecular flexibility index (Phi) is 3.85. The van der Waals surface area contributed by atoms with Crippen molar-refractivity contribution in [2.45, 2.75) is 46.0 Å². The molecule has 1 aromatic heterocycles. The van der Waals surface area contributed by atoms with Crippen LogP contribution in [0.4, 0.5) is 5.82 Å². The van der Waals surface area contributed by atoms with E-state index in [9.17, 15) is 0 Å². The molecule has 1 aliphatic rings. The Balaban J connectivity index is 2.01. The van der Waals surface area contributed by atoms with Crippen molar-refractivity contribution >= 4 is 5.82 Å². The van der Waals surface area contributed by atoms with Crippen LogP contribution in [-0.2, 0) is 0 Å². The fraction of sp³-hybridized carbons (Fsp3) is 0.714. The number of nitrogens with zero attached hydrogens (tertiary/aromatic N) is 2. The number of rotatable bonds is 6. The van der Waals surface area contributed by atoms with Gasteiger partial charge in [-0.2, -0.15) is 0 Å². The molecular formula is C14H24N4. The minimum absolute atomic E-state index is 0.365. The lowest BCUT2D eigenvalue weighted by molar-refractivity contribution is 0.500. The summed E-state index contributed by atoms with van der Waals surface area (Å²) < 4.78 is 0. The van der Waals surface area contributed by atoms with Crippen LogP contribution in [0.5, 0.6) is 0 Å². The van der Waals surface area contributed by atoms with Crippen molar-refractivity contribution in [3.63, 3.8) is 0 Å². The third-order valence-electron chi connectivity index (χ3n) is 3.66. The largest absolute Gasteiger partial charge is 0.369 e. The molecule has 0 saturated heterocycles. The molecule has 1 heterocycles. The number of nitrogens with one attached hydrogen (secondary N) is 1. The van der Waals surface area contributed by atoms with Gasteiger partial charge in [0, 0.05) is 24.2 Å². The minimum Gasteiger partial charge on any atom is -0.369 e. The second-order valence-electron chi connectivity index (χ2n) is 5.80. The number of hydrogen-bond acceptors (Lipinski definition) is 4. The predicted octanol–water partition coefficient (Wildman–Crippen LogP) is 2.45. The first kappa shape index (κ1) is 13.3. The fourth-order valence-electron chi connectivity index (χ4n) is 2.22. The molecule has 2 rings (SSSR count). The molecular weight excluding hydrogens is 224 g/mol. The van der Waals surface area contributed by atoms with Crippen LogP contribution in [0, 0.1) is 12.3 Å². The zero-order chi connectivity index (χ0) is 13.2. The number of hydrogen-bond donors (Lipinski definition) is 2. The van der Waals surface area contributed by atoms with Gasteiger partial charge >= 0.3 is 0 Å². The molecule has 1 saturated carbocycles. The summed E-state index contributed by atoms with van der Waals surface area (Å²) in [5.74, 6) is 2.24. The molecule has 0 radical (unpaired) electrons. The summed E-state index contributed by atoms with van der Waals surface area (Å²) in [6, 6.07) is 2.02. The van der Waals surface area contributed by atoms with Crippen LogP contribution >= 0.6 is 0 Å². The number of anilines is 1. The van der Waals surface area contributed by atoms with Crippen molar-refractivity contribution in [3.05, 3.63) is 17.6 Å². The number of aromatic nitrogens is 2. The lowest BCUT2D eigenvalue weighted by Gasteiger charge is -2.16. The van der Waals surface area contributed by atoms with Crippen molar-refractivity contribution in [3.8, 4) is 0 Å². The highest BCUT2D eigenvalue weighted by Crippen LogP contribution is 2.48. The molecule has 1 fully saturated rings. The maximum Gasteiger partial charge on any atom is 0.133 e. The van der Waals surface area contributed by atoms with Crippen molar-refractivity contribution in [1.29, 1.82) is 0 Å². The van der Waals surface area contributed by atoms with E-state index in [0.717, 1.165) is 36.8 Å². The zero-order valence-electron chi connectivity index (χ0n) is 11.7. The van der Waals surface area contributed by atoms with Gasteiger partial charge in [0.05, 0.1) is 0 Å². The molecule has 0 amide bonds. The highest BCUT2D eigenvalue weighted by Gasteiger charge is 2.41. The van der Waals surface area contributed by atoms with Gasteiger partial charge in [-0.1, -0.05) is 13.8 Å². The van der Waals surface area contributed by atoms with Crippen LogP contribution in [0.1, 0.15) is 50.5 Å². The van der Waals surface area contributed by atoms with Gasteiger partial charge in [0.15, 0.2) is 0 Å². The number of nitrogens with two attached hydrogens (primary N) is 1. The maximum absolute atomic E-state index is 5.66. The fourth-order valence-corrected chi connectivity index (χ4v) is 2.22. The van der Waals surface area contributed by atoms with Gasteiger partial charge in [-0.25, -0.2) is 9.97 Å². The van der Waals surface area contributed by atoms with Crippen LogP contribution in [-0.4, -0.2) is 23.1 Å². The van der Waals surface area contributed by atoms with E-state index in [0.29, 0.717) is 11.3 Å². The molecule has 1 aliphatic carbocycles. The van der Waals surface area contributed by atoms with Crippen molar-refractivity contribution < 1.29 is 0 Å². The van der Waals surface area contributed by atoms with E-state index in [1.165, 1.54) is 12.8 Å². The van der Waals surface area contributed by atoms with Crippen molar-refractivity contribution in [1.82, 2.24) is 9.97 Å². The zero-order valence-corrected chi connectivity index (χ0v) is 11.7. The molecule has 0 spiro atoms. The van der Waals surface area contributed by atoms with Gasteiger partial charge < -0.3 is 11.1 Å². The Bertz CT molecular complexity index is 410. The molecule has 100 valence electrons. The van der Waals surface area contributed by atoms with E-state index in [-0.39, 0.29) is 0 Å². The molecule has 0 aromatic carbocycles. The molecule has 0 atom stereocenters. The Labute approximate surface area is 109 Å². The lowest BCUT2D eigenvalue weighted by atomic mass is 10.0. The van der Waals surface area contributed by atoms with E-state index in [1.54, 1.807) is 0 Å². The van der Waals surface area contributed by atoms with Crippen LogP contribution < -0.4 is 11.1 Å². The monoisotopic (exact) mass is 248 g/mol. The van der Waals surface area contributed by atoms with E-state index < -0.39 is 0 Å². The van der Waals surface area contributed by atoms with Crippen LogP contribution in [0.3, 0.4) is 0 Å². The third kappa shape index (κ3) is 3.19. The SMILES string of the molecule is Cc1cc(NCC2(CCN)CC2)nc(C(C)C)n1. The molecule has 3 N–H and O–H groups in total. The summed E-state index contributed by atoms with van der Waals surface area (Å²) >= 11 is 0. The standard InChI is InChI=1S/C14H24N4/c1-10(2)13-17-11(3)8-12(18-13)16-9-14(4-5-14)6-7-15/h8,10H,4-7,9,15H2,1-3H3,(H,16,17,18). The summed E-state index contributed by atoms with van der Waals surface area (Å²) in [4.78, 5) is 9.03. The van der Waals surface area contributed by atoms with Gasteiger partial charge in [0.2, 0.25) is 0 Å². The van der Waals surface area contributed by atoms with Gasteiger partial charge in [-0.05, 0) is 38.1 Å².